The minimum absolute atomic E-state index is 0.289. The van der Waals surface area contributed by atoms with Crippen LogP contribution < -0.4 is 5.32 Å². The summed E-state index contributed by atoms with van der Waals surface area (Å²) < 4.78 is 4.56. The van der Waals surface area contributed by atoms with Gasteiger partial charge in [0.25, 0.3) is 0 Å². The van der Waals surface area contributed by atoms with Crippen LogP contribution in [0.5, 0.6) is 0 Å². The van der Waals surface area contributed by atoms with Gasteiger partial charge in [-0.2, -0.15) is 0 Å². The maximum absolute atomic E-state index is 10.9. The molecule has 1 heterocycles. The van der Waals surface area contributed by atoms with Crippen LogP contribution in [0.4, 0.5) is 4.79 Å². The van der Waals surface area contributed by atoms with Crippen LogP contribution in [0.25, 0.3) is 0 Å². The van der Waals surface area contributed by atoms with Gasteiger partial charge in [-0.15, -0.1) is 0 Å². The van der Waals surface area contributed by atoms with E-state index in [1.165, 1.54) is 7.11 Å². The zero-order valence-electron chi connectivity index (χ0n) is 10.4. The second-order valence-corrected chi connectivity index (χ2v) is 3.57. The maximum Gasteiger partial charge on any atom is 0.407 e. The number of amides is 1. The normalized spacial score (nSPS) is 22.0. The van der Waals surface area contributed by atoms with E-state index in [2.05, 4.69) is 22.0 Å². The first-order chi connectivity index (χ1) is 7.22. The van der Waals surface area contributed by atoms with Gasteiger partial charge in [0.2, 0.25) is 0 Å². The summed E-state index contributed by atoms with van der Waals surface area (Å²) in [7, 11) is 3.51. The molecule has 0 radical (unpaired) electrons. The molecule has 1 fully saturated rings. The molecule has 1 unspecified atom stereocenters. The lowest BCUT2D eigenvalue weighted by Gasteiger charge is -2.15. The van der Waals surface area contributed by atoms with Gasteiger partial charge in [-0.3, -0.25) is 0 Å². The predicted molar refractivity (Wildman–Crippen MR) is 62.0 cm³/mol. The third-order valence-corrected chi connectivity index (χ3v) is 2.46. The Kier molecular flexibility index (Phi) is 8.09. The number of rotatable bonds is 1. The van der Waals surface area contributed by atoms with Crippen LogP contribution in [0, 0.1) is 0 Å². The minimum atomic E-state index is -0.311. The van der Waals surface area contributed by atoms with Crippen LogP contribution in [-0.2, 0) is 4.74 Å². The lowest BCUT2D eigenvalue weighted by molar-refractivity contribution is 0.165. The zero-order valence-corrected chi connectivity index (χ0v) is 10.4. The number of methoxy groups -OCH3 is 1. The van der Waals surface area contributed by atoms with Gasteiger partial charge in [-0.05, 0) is 39.4 Å². The Morgan fingerprint density at radius 2 is 2.00 bits per heavy atom. The topological polar surface area (TPSA) is 41.6 Å². The highest BCUT2D eigenvalue weighted by atomic mass is 16.5. The molecule has 1 rings (SSSR count). The smallest absolute Gasteiger partial charge is 0.407 e. The van der Waals surface area contributed by atoms with Gasteiger partial charge in [0, 0.05) is 6.04 Å². The average molecular weight is 216 g/mol. The first-order valence-corrected chi connectivity index (χ1v) is 5.75. The number of carbonyl (C=O) groups excluding carboxylic acids is 1. The van der Waals surface area contributed by atoms with Crippen molar-refractivity contribution in [2.75, 3.05) is 27.2 Å². The number of likely N-dealkylation sites (tertiary alicyclic amines) is 1. The Labute approximate surface area is 93.0 Å². The SMILES string of the molecule is CC.COC(=O)NC1CCCN(C)CC1. The molecule has 0 spiro atoms. The molecule has 90 valence electrons. The summed E-state index contributed by atoms with van der Waals surface area (Å²) in [5.41, 5.74) is 0. The van der Waals surface area contributed by atoms with Crippen LogP contribution in [0.15, 0.2) is 0 Å². The average Bonchev–Trinajstić information content (AvgIpc) is 2.46. The van der Waals surface area contributed by atoms with Crippen molar-refractivity contribution in [1.82, 2.24) is 10.2 Å². The molecule has 4 heteroatoms. The van der Waals surface area contributed by atoms with E-state index in [-0.39, 0.29) is 12.1 Å². The fourth-order valence-corrected chi connectivity index (χ4v) is 1.61. The van der Waals surface area contributed by atoms with Gasteiger partial charge in [-0.1, -0.05) is 13.8 Å². The van der Waals surface area contributed by atoms with Gasteiger partial charge in [-0.25, -0.2) is 4.79 Å². The first kappa shape index (κ1) is 14.2. The number of ether oxygens (including phenoxy) is 1. The third kappa shape index (κ3) is 6.33. The molecule has 4 nitrogen and oxygen atoms in total. The molecule has 0 aromatic heterocycles. The number of nitrogens with one attached hydrogen (secondary N) is 1. The van der Waals surface area contributed by atoms with Crippen molar-refractivity contribution in [3.05, 3.63) is 0 Å². The summed E-state index contributed by atoms with van der Waals surface area (Å²) in [4.78, 5) is 13.2. The molecule has 0 aliphatic carbocycles. The van der Waals surface area contributed by atoms with Crippen LogP contribution in [-0.4, -0.2) is 44.3 Å². The molecule has 0 aromatic carbocycles. The number of nitrogens with zero attached hydrogens (tertiary/aromatic N) is 1. The van der Waals surface area contributed by atoms with Crippen molar-refractivity contribution < 1.29 is 9.53 Å². The van der Waals surface area contributed by atoms with Crippen LogP contribution in [0.3, 0.4) is 0 Å². The monoisotopic (exact) mass is 216 g/mol. The standard InChI is InChI=1S/C9H18N2O2.C2H6/c1-11-6-3-4-8(5-7-11)10-9(12)13-2;1-2/h8H,3-7H2,1-2H3,(H,10,12);1-2H3. The fraction of sp³-hybridized carbons (Fsp3) is 0.909. The molecule has 0 bridgehead atoms. The summed E-state index contributed by atoms with van der Waals surface area (Å²) in [6.07, 6.45) is 2.91. The third-order valence-electron chi connectivity index (χ3n) is 2.46. The van der Waals surface area contributed by atoms with Crippen molar-refractivity contribution in [2.24, 2.45) is 0 Å². The maximum atomic E-state index is 10.9. The van der Waals surface area contributed by atoms with E-state index >= 15 is 0 Å². The molecular weight excluding hydrogens is 192 g/mol. The molecule has 15 heavy (non-hydrogen) atoms. The largest absolute Gasteiger partial charge is 0.453 e. The molecule has 1 N–H and O–H groups in total. The Balaban J connectivity index is 0.000000921. The van der Waals surface area contributed by atoms with Gasteiger partial charge in [0.15, 0.2) is 0 Å². The Bertz CT molecular complexity index is 174. The second-order valence-electron chi connectivity index (χ2n) is 3.57. The zero-order chi connectivity index (χ0) is 11.7. The van der Waals surface area contributed by atoms with E-state index < -0.39 is 0 Å². The number of alkyl carbamates (subject to hydrolysis) is 1. The van der Waals surface area contributed by atoms with Crippen LogP contribution >= 0.6 is 0 Å². The van der Waals surface area contributed by atoms with Gasteiger partial charge < -0.3 is 15.0 Å². The number of hydrogen-bond donors (Lipinski definition) is 1. The highest BCUT2D eigenvalue weighted by molar-refractivity contribution is 5.67. The van der Waals surface area contributed by atoms with Crippen molar-refractivity contribution >= 4 is 6.09 Å². The van der Waals surface area contributed by atoms with E-state index in [1.54, 1.807) is 0 Å². The van der Waals surface area contributed by atoms with E-state index in [4.69, 9.17) is 0 Å². The highest BCUT2D eigenvalue weighted by Crippen LogP contribution is 2.09. The van der Waals surface area contributed by atoms with Crippen molar-refractivity contribution in [1.29, 1.82) is 0 Å². The summed E-state index contributed by atoms with van der Waals surface area (Å²) >= 11 is 0. The summed E-state index contributed by atoms with van der Waals surface area (Å²) in [6, 6.07) is 0.289. The second kappa shape index (κ2) is 8.53. The molecule has 1 saturated heterocycles. The number of hydrogen-bond acceptors (Lipinski definition) is 3. The predicted octanol–water partition coefficient (Wildman–Crippen LogP) is 1.85. The van der Waals surface area contributed by atoms with Crippen LogP contribution in [0.2, 0.25) is 0 Å². The number of carbonyl (C=O) groups is 1. The van der Waals surface area contributed by atoms with E-state index in [0.29, 0.717) is 0 Å². The molecule has 0 aromatic rings. The van der Waals surface area contributed by atoms with E-state index in [1.807, 2.05) is 13.8 Å². The molecule has 1 atom stereocenters. The van der Waals surface area contributed by atoms with E-state index in [0.717, 1.165) is 32.4 Å². The molecule has 1 aliphatic rings. The van der Waals surface area contributed by atoms with Crippen molar-refractivity contribution in [2.45, 2.75) is 39.2 Å². The Morgan fingerprint density at radius 3 is 2.60 bits per heavy atom. The van der Waals surface area contributed by atoms with Gasteiger partial charge in [0.1, 0.15) is 0 Å². The van der Waals surface area contributed by atoms with Gasteiger partial charge in [0.05, 0.1) is 7.11 Å². The lowest BCUT2D eigenvalue weighted by atomic mass is 10.1. The molecule has 0 saturated carbocycles. The van der Waals surface area contributed by atoms with Crippen molar-refractivity contribution in [3.8, 4) is 0 Å². The lowest BCUT2D eigenvalue weighted by Crippen LogP contribution is -2.35. The molecule has 1 aliphatic heterocycles. The summed E-state index contributed by atoms with van der Waals surface area (Å²) in [5.74, 6) is 0. The van der Waals surface area contributed by atoms with Gasteiger partial charge >= 0.3 is 6.09 Å². The first-order valence-electron chi connectivity index (χ1n) is 5.75. The van der Waals surface area contributed by atoms with Crippen molar-refractivity contribution in [3.63, 3.8) is 0 Å². The molecular formula is C11H24N2O2. The summed E-state index contributed by atoms with van der Waals surface area (Å²) in [5, 5.41) is 2.84. The quantitative estimate of drug-likeness (QED) is 0.727. The summed E-state index contributed by atoms with van der Waals surface area (Å²) in [6.45, 7) is 6.17. The Morgan fingerprint density at radius 1 is 1.33 bits per heavy atom. The fourth-order valence-electron chi connectivity index (χ4n) is 1.61. The highest BCUT2D eigenvalue weighted by Gasteiger charge is 2.16. The molecule has 1 amide bonds. The van der Waals surface area contributed by atoms with Crippen LogP contribution in [0.1, 0.15) is 33.1 Å². The minimum Gasteiger partial charge on any atom is -0.453 e. The van der Waals surface area contributed by atoms with E-state index in [9.17, 15) is 4.79 Å². The Hall–Kier alpha value is -0.770.